The number of hydrogen-bond acceptors (Lipinski definition) is 5. The van der Waals surface area contributed by atoms with Gasteiger partial charge in [-0.3, -0.25) is 4.79 Å². The zero-order chi connectivity index (χ0) is 19.0. The number of anilines is 1. The summed E-state index contributed by atoms with van der Waals surface area (Å²) in [4.78, 5) is 12.6. The summed E-state index contributed by atoms with van der Waals surface area (Å²) in [7, 11) is -3.20. The maximum absolute atomic E-state index is 12.6. The molecule has 8 nitrogen and oxygen atoms in total. The van der Waals surface area contributed by atoms with E-state index in [9.17, 15) is 13.2 Å². The van der Waals surface area contributed by atoms with Crippen molar-refractivity contribution < 1.29 is 13.2 Å². The lowest BCUT2D eigenvalue weighted by atomic mass is 9.89. The number of carbonyl (C=O) groups is 1. The van der Waals surface area contributed by atoms with Crippen LogP contribution in [-0.4, -0.2) is 52.2 Å². The summed E-state index contributed by atoms with van der Waals surface area (Å²) in [6.07, 6.45) is 1.26. The summed E-state index contributed by atoms with van der Waals surface area (Å²) < 4.78 is 28.2. The van der Waals surface area contributed by atoms with Gasteiger partial charge in [-0.2, -0.15) is 0 Å². The molecule has 1 saturated heterocycles. The van der Waals surface area contributed by atoms with Gasteiger partial charge in [0.1, 0.15) is 5.82 Å². The van der Waals surface area contributed by atoms with Gasteiger partial charge in [0.2, 0.25) is 15.8 Å². The molecule has 1 amide bonds. The SMILES string of the molecule is CCCS(=O)(=O)N1C[C@H]2Cc3nnc(C(=O)Nc4ccccc4)n3C[C@@H]2C1. The summed E-state index contributed by atoms with van der Waals surface area (Å²) in [6.45, 7) is 3.48. The summed E-state index contributed by atoms with van der Waals surface area (Å²) in [5, 5.41) is 11.1. The van der Waals surface area contributed by atoms with E-state index >= 15 is 0 Å². The van der Waals surface area contributed by atoms with Crippen LogP contribution in [-0.2, 0) is 23.0 Å². The van der Waals surface area contributed by atoms with E-state index in [0.29, 0.717) is 38.2 Å². The smallest absolute Gasteiger partial charge is 0.293 e. The molecule has 2 aromatic rings. The third-order valence-electron chi connectivity index (χ3n) is 5.32. The van der Waals surface area contributed by atoms with Gasteiger partial charge in [0.25, 0.3) is 5.91 Å². The van der Waals surface area contributed by atoms with Crippen LogP contribution in [0.25, 0.3) is 0 Å². The van der Waals surface area contributed by atoms with Gasteiger partial charge >= 0.3 is 0 Å². The van der Waals surface area contributed by atoms with Crippen molar-refractivity contribution in [2.24, 2.45) is 11.8 Å². The number of nitrogens with one attached hydrogen (secondary N) is 1. The number of amides is 1. The Morgan fingerprint density at radius 2 is 1.89 bits per heavy atom. The zero-order valence-electron chi connectivity index (χ0n) is 15.2. The second-order valence-corrected chi connectivity index (χ2v) is 9.32. The van der Waals surface area contributed by atoms with Gasteiger partial charge in [0.05, 0.1) is 5.75 Å². The Bertz CT molecular complexity index is 941. The minimum atomic E-state index is -3.20. The molecule has 2 atom stereocenters. The van der Waals surface area contributed by atoms with Crippen LogP contribution in [0.5, 0.6) is 0 Å². The quantitative estimate of drug-likeness (QED) is 0.833. The van der Waals surface area contributed by atoms with Gasteiger partial charge in [-0.25, -0.2) is 12.7 Å². The highest BCUT2D eigenvalue weighted by atomic mass is 32.2. The van der Waals surface area contributed by atoms with Crippen LogP contribution in [0.15, 0.2) is 30.3 Å². The fraction of sp³-hybridized carbons (Fsp3) is 0.500. The lowest BCUT2D eigenvalue weighted by Crippen LogP contribution is -2.31. The van der Waals surface area contributed by atoms with Crippen LogP contribution in [0.2, 0.25) is 0 Å². The molecule has 1 fully saturated rings. The maximum atomic E-state index is 12.6. The van der Waals surface area contributed by atoms with Crippen molar-refractivity contribution in [3.8, 4) is 0 Å². The summed E-state index contributed by atoms with van der Waals surface area (Å²) in [5.74, 6) is 1.34. The van der Waals surface area contributed by atoms with Crippen molar-refractivity contribution in [2.75, 3.05) is 24.2 Å². The highest BCUT2D eigenvalue weighted by Crippen LogP contribution is 2.34. The first-order valence-corrected chi connectivity index (χ1v) is 10.8. The minimum Gasteiger partial charge on any atom is -0.319 e. The third kappa shape index (κ3) is 3.49. The Morgan fingerprint density at radius 3 is 2.63 bits per heavy atom. The van der Waals surface area contributed by atoms with Crippen LogP contribution >= 0.6 is 0 Å². The first-order valence-electron chi connectivity index (χ1n) is 9.24. The lowest BCUT2D eigenvalue weighted by molar-refractivity contribution is 0.100. The minimum absolute atomic E-state index is 0.184. The van der Waals surface area contributed by atoms with Crippen molar-refractivity contribution in [2.45, 2.75) is 26.3 Å². The van der Waals surface area contributed by atoms with Crippen LogP contribution in [0.1, 0.15) is 29.8 Å². The van der Waals surface area contributed by atoms with Gasteiger partial charge < -0.3 is 9.88 Å². The number of rotatable bonds is 5. The second kappa shape index (κ2) is 7.05. The molecular formula is C18H23N5O3S. The molecule has 0 bridgehead atoms. The van der Waals surface area contributed by atoms with Gasteiger partial charge in [0, 0.05) is 31.7 Å². The molecule has 0 aliphatic carbocycles. The summed E-state index contributed by atoms with van der Waals surface area (Å²) in [6, 6.07) is 9.21. The molecule has 0 unspecified atom stereocenters. The largest absolute Gasteiger partial charge is 0.319 e. The molecule has 1 N–H and O–H groups in total. The van der Waals surface area contributed by atoms with Gasteiger partial charge in [-0.1, -0.05) is 25.1 Å². The molecule has 0 spiro atoms. The Labute approximate surface area is 158 Å². The summed E-state index contributed by atoms with van der Waals surface area (Å²) in [5.41, 5.74) is 0.700. The highest BCUT2D eigenvalue weighted by Gasteiger charge is 2.42. The van der Waals surface area contributed by atoms with Crippen molar-refractivity contribution in [1.29, 1.82) is 0 Å². The number of nitrogens with zero attached hydrogens (tertiary/aromatic N) is 4. The van der Waals surface area contributed by atoms with Crippen molar-refractivity contribution in [1.82, 2.24) is 19.1 Å². The van der Waals surface area contributed by atoms with E-state index in [1.54, 1.807) is 4.31 Å². The average Bonchev–Trinajstić information content (AvgIpc) is 3.24. The monoisotopic (exact) mass is 389 g/mol. The molecule has 2 aliphatic rings. The fourth-order valence-corrected chi connectivity index (χ4v) is 5.58. The van der Waals surface area contributed by atoms with Gasteiger partial charge in [-0.15, -0.1) is 10.2 Å². The normalized spacial score (nSPS) is 22.3. The number of carbonyl (C=O) groups excluding carboxylic acids is 1. The van der Waals surface area contributed by atoms with Gasteiger partial charge in [0.15, 0.2) is 0 Å². The first kappa shape index (κ1) is 18.1. The molecule has 1 aromatic carbocycles. The van der Waals surface area contributed by atoms with E-state index < -0.39 is 10.0 Å². The van der Waals surface area contributed by atoms with Crippen LogP contribution in [0.3, 0.4) is 0 Å². The number of sulfonamides is 1. The Kier molecular flexibility index (Phi) is 4.73. The van der Waals surface area contributed by atoms with Gasteiger partial charge in [-0.05, 0) is 30.4 Å². The standard InChI is InChI=1S/C18H23N5O3S/c1-2-8-27(25,26)22-10-13-9-16-20-21-17(23(16)12-14(13)11-22)18(24)19-15-6-4-3-5-7-15/h3-7,13-14H,2,8-12H2,1H3,(H,19,24)/t13-,14+/m1/s1. The predicted octanol–water partition coefficient (Wildman–Crippen LogP) is 1.37. The Hall–Kier alpha value is -2.26. The van der Waals surface area contributed by atoms with Crippen molar-refractivity contribution in [3.05, 3.63) is 42.0 Å². The lowest BCUT2D eigenvalue weighted by Gasteiger charge is -2.25. The van der Waals surface area contributed by atoms with E-state index in [-0.39, 0.29) is 29.3 Å². The molecular weight excluding hydrogens is 366 g/mol. The van der Waals surface area contributed by atoms with Crippen molar-refractivity contribution in [3.63, 3.8) is 0 Å². The number of benzene rings is 1. The molecule has 9 heteroatoms. The number of fused-ring (bicyclic) bond motifs is 2. The average molecular weight is 389 g/mol. The Balaban J connectivity index is 1.50. The molecule has 0 saturated carbocycles. The first-order chi connectivity index (χ1) is 13.0. The predicted molar refractivity (Wildman–Crippen MR) is 101 cm³/mol. The number of hydrogen-bond donors (Lipinski definition) is 1. The van der Waals surface area contributed by atoms with E-state index in [2.05, 4.69) is 15.5 Å². The molecule has 27 heavy (non-hydrogen) atoms. The molecule has 144 valence electrons. The molecule has 1 aromatic heterocycles. The summed E-state index contributed by atoms with van der Waals surface area (Å²) >= 11 is 0. The number of aromatic nitrogens is 3. The Morgan fingerprint density at radius 1 is 1.15 bits per heavy atom. The van der Waals surface area contributed by atoms with Crippen LogP contribution < -0.4 is 5.32 Å². The molecule has 0 radical (unpaired) electrons. The molecule has 4 rings (SSSR count). The molecule has 3 heterocycles. The fourth-order valence-electron chi connectivity index (χ4n) is 3.97. The zero-order valence-corrected chi connectivity index (χ0v) is 16.0. The third-order valence-corrected chi connectivity index (χ3v) is 7.33. The van der Waals surface area contributed by atoms with E-state index in [1.165, 1.54) is 0 Å². The molecule has 2 aliphatic heterocycles. The van der Waals surface area contributed by atoms with E-state index in [4.69, 9.17) is 0 Å². The number of para-hydroxylation sites is 1. The highest BCUT2D eigenvalue weighted by molar-refractivity contribution is 7.89. The van der Waals surface area contributed by atoms with E-state index in [0.717, 1.165) is 5.82 Å². The van der Waals surface area contributed by atoms with Crippen molar-refractivity contribution >= 4 is 21.6 Å². The topological polar surface area (TPSA) is 97.2 Å². The van der Waals surface area contributed by atoms with E-state index in [1.807, 2.05) is 41.8 Å². The second-order valence-electron chi connectivity index (χ2n) is 7.23. The van der Waals surface area contributed by atoms with Crippen LogP contribution in [0, 0.1) is 11.8 Å². The van der Waals surface area contributed by atoms with Crippen LogP contribution in [0.4, 0.5) is 5.69 Å². The maximum Gasteiger partial charge on any atom is 0.293 e.